The summed E-state index contributed by atoms with van der Waals surface area (Å²) < 4.78 is 16.2. The lowest BCUT2D eigenvalue weighted by Gasteiger charge is -2.28. The summed E-state index contributed by atoms with van der Waals surface area (Å²) in [7, 11) is 0. The summed E-state index contributed by atoms with van der Waals surface area (Å²) >= 11 is 0. The second-order valence-electron chi connectivity index (χ2n) is 8.85. The molecule has 0 fully saturated rings. The summed E-state index contributed by atoms with van der Waals surface area (Å²) in [5.74, 6) is 0.846. The van der Waals surface area contributed by atoms with Gasteiger partial charge in [-0.3, -0.25) is 4.79 Å². The van der Waals surface area contributed by atoms with Crippen LogP contribution in [0.15, 0.2) is 60.7 Å². The van der Waals surface area contributed by atoms with Crippen molar-refractivity contribution in [1.29, 1.82) is 0 Å². The molecular weight excluding hydrogens is 406 g/mol. The number of nitrogens with two attached hydrogens (primary N) is 1. The minimum absolute atomic E-state index is 0.173. The Morgan fingerprint density at radius 2 is 1.44 bits per heavy atom. The number of para-hydroxylation sites is 1. The standard InChI is InChI=1S/C21H26O3.C5H11NO2/c1-16(2)21(24-19-12-8-5-9-13-19)17(3)23-20(22)15-14-18-10-6-4-7-11-18;1-5(2,3)8-4(6)7/h4-13,16-17,21H,14-15H2,1-3H3;1-3H3,(H2,6,7)/t17?,21-;/m1./s1. The average Bonchev–Trinajstić information content (AvgIpc) is 2.70. The van der Waals surface area contributed by atoms with Gasteiger partial charge in [0.2, 0.25) is 0 Å². The molecule has 1 amide bonds. The molecule has 0 bridgehead atoms. The molecular formula is C26H37NO5. The first-order valence-corrected chi connectivity index (χ1v) is 10.9. The molecule has 0 radical (unpaired) electrons. The number of esters is 1. The van der Waals surface area contributed by atoms with Crippen molar-refractivity contribution < 1.29 is 23.8 Å². The summed E-state index contributed by atoms with van der Waals surface area (Å²) in [6, 6.07) is 19.6. The van der Waals surface area contributed by atoms with Gasteiger partial charge in [-0.25, -0.2) is 4.79 Å². The Kier molecular flexibility index (Phi) is 11.3. The van der Waals surface area contributed by atoms with Crippen LogP contribution in [0.2, 0.25) is 0 Å². The molecule has 0 saturated heterocycles. The SMILES string of the molecule is CC(C)(C)OC(N)=O.CC(C)[C@@H](Oc1ccccc1)C(C)OC(=O)CCc1ccccc1. The lowest BCUT2D eigenvalue weighted by Crippen LogP contribution is -2.37. The Bertz CT molecular complexity index is 800. The van der Waals surface area contributed by atoms with Crippen LogP contribution >= 0.6 is 0 Å². The molecule has 6 heteroatoms. The van der Waals surface area contributed by atoms with Crippen LogP contribution in [0.3, 0.4) is 0 Å². The Balaban J connectivity index is 0.000000547. The second-order valence-corrected chi connectivity index (χ2v) is 8.85. The van der Waals surface area contributed by atoms with Crippen molar-refractivity contribution >= 4 is 12.1 Å². The Morgan fingerprint density at radius 3 is 1.88 bits per heavy atom. The summed E-state index contributed by atoms with van der Waals surface area (Å²) in [5.41, 5.74) is 5.41. The topological polar surface area (TPSA) is 87.8 Å². The smallest absolute Gasteiger partial charge is 0.405 e. The van der Waals surface area contributed by atoms with Crippen LogP contribution < -0.4 is 10.5 Å². The van der Waals surface area contributed by atoms with E-state index in [0.717, 1.165) is 11.3 Å². The van der Waals surface area contributed by atoms with E-state index in [2.05, 4.69) is 18.6 Å². The highest BCUT2D eigenvalue weighted by molar-refractivity contribution is 5.70. The summed E-state index contributed by atoms with van der Waals surface area (Å²) in [6.07, 6.45) is -0.123. The quantitative estimate of drug-likeness (QED) is 0.542. The summed E-state index contributed by atoms with van der Waals surface area (Å²) in [4.78, 5) is 22.1. The van der Waals surface area contributed by atoms with Crippen molar-refractivity contribution in [1.82, 2.24) is 0 Å². The first-order chi connectivity index (χ1) is 15.0. The molecule has 0 aromatic heterocycles. The van der Waals surface area contributed by atoms with Gasteiger partial charge in [0.05, 0.1) is 0 Å². The third-order valence-corrected chi connectivity index (χ3v) is 4.32. The zero-order valence-corrected chi connectivity index (χ0v) is 20.0. The van der Waals surface area contributed by atoms with Gasteiger partial charge in [-0.05, 0) is 57.7 Å². The predicted molar refractivity (Wildman–Crippen MR) is 126 cm³/mol. The predicted octanol–water partition coefficient (Wildman–Crippen LogP) is 5.53. The lowest BCUT2D eigenvalue weighted by molar-refractivity contribution is -0.154. The van der Waals surface area contributed by atoms with Crippen molar-refractivity contribution in [3.8, 4) is 5.75 Å². The summed E-state index contributed by atoms with van der Waals surface area (Å²) in [6.45, 7) is 11.3. The minimum Gasteiger partial charge on any atom is -0.486 e. The molecule has 1 unspecified atom stereocenters. The van der Waals surface area contributed by atoms with E-state index < -0.39 is 11.7 Å². The van der Waals surface area contributed by atoms with E-state index in [-0.39, 0.29) is 24.1 Å². The molecule has 6 nitrogen and oxygen atoms in total. The van der Waals surface area contributed by atoms with Gasteiger partial charge in [0.1, 0.15) is 23.6 Å². The van der Waals surface area contributed by atoms with E-state index in [0.29, 0.717) is 12.8 Å². The highest BCUT2D eigenvalue weighted by atomic mass is 16.6. The molecule has 2 aromatic carbocycles. The van der Waals surface area contributed by atoms with Crippen molar-refractivity contribution in [3.05, 3.63) is 66.2 Å². The molecule has 2 N–H and O–H groups in total. The molecule has 0 saturated carbocycles. The third kappa shape index (κ3) is 12.0. The van der Waals surface area contributed by atoms with Gasteiger partial charge in [0.15, 0.2) is 0 Å². The van der Waals surface area contributed by atoms with E-state index in [1.807, 2.05) is 67.6 Å². The number of amides is 1. The molecule has 0 aliphatic rings. The maximum Gasteiger partial charge on any atom is 0.405 e. The Morgan fingerprint density at radius 1 is 0.906 bits per heavy atom. The van der Waals surface area contributed by atoms with Gasteiger partial charge in [0.25, 0.3) is 0 Å². The maximum absolute atomic E-state index is 12.1. The molecule has 32 heavy (non-hydrogen) atoms. The number of benzene rings is 2. The van der Waals surface area contributed by atoms with E-state index in [1.54, 1.807) is 20.8 Å². The van der Waals surface area contributed by atoms with E-state index >= 15 is 0 Å². The van der Waals surface area contributed by atoms with Gasteiger partial charge < -0.3 is 19.9 Å². The molecule has 0 heterocycles. The second kappa shape index (κ2) is 13.4. The van der Waals surface area contributed by atoms with Gasteiger partial charge in [-0.15, -0.1) is 0 Å². The normalized spacial score (nSPS) is 12.7. The third-order valence-electron chi connectivity index (χ3n) is 4.32. The highest BCUT2D eigenvalue weighted by Crippen LogP contribution is 2.20. The van der Waals surface area contributed by atoms with Crippen LogP contribution in [-0.2, 0) is 20.7 Å². The molecule has 2 atom stereocenters. The molecule has 176 valence electrons. The number of ether oxygens (including phenoxy) is 3. The molecule has 2 rings (SSSR count). The number of hydrogen-bond donors (Lipinski definition) is 1. The van der Waals surface area contributed by atoms with Crippen molar-refractivity contribution in [2.24, 2.45) is 11.7 Å². The van der Waals surface area contributed by atoms with Crippen molar-refractivity contribution in [2.75, 3.05) is 0 Å². The van der Waals surface area contributed by atoms with E-state index in [9.17, 15) is 9.59 Å². The number of carbonyl (C=O) groups excluding carboxylic acids is 2. The fourth-order valence-corrected chi connectivity index (χ4v) is 2.96. The Hall–Kier alpha value is -3.02. The fraction of sp³-hybridized carbons (Fsp3) is 0.462. The van der Waals surface area contributed by atoms with Crippen LogP contribution in [0.25, 0.3) is 0 Å². The van der Waals surface area contributed by atoms with E-state index in [1.165, 1.54) is 0 Å². The zero-order valence-electron chi connectivity index (χ0n) is 20.0. The highest BCUT2D eigenvalue weighted by Gasteiger charge is 2.26. The van der Waals surface area contributed by atoms with Gasteiger partial charge >= 0.3 is 12.1 Å². The number of carbonyl (C=O) groups is 2. The van der Waals surface area contributed by atoms with Crippen LogP contribution in [0.1, 0.15) is 53.5 Å². The zero-order chi connectivity index (χ0) is 24.1. The van der Waals surface area contributed by atoms with Crippen LogP contribution in [-0.4, -0.2) is 29.9 Å². The van der Waals surface area contributed by atoms with Gasteiger partial charge in [0, 0.05) is 6.42 Å². The van der Waals surface area contributed by atoms with Gasteiger partial charge in [-0.1, -0.05) is 62.4 Å². The first-order valence-electron chi connectivity index (χ1n) is 10.9. The van der Waals surface area contributed by atoms with Crippen LogP contribution in [0, 0.1) is 5.92 Å². The van der Waals surface area contributed by atoms with Crippen molar-refractivity contribution in [2.45, 2.75) is 72.2 Å². The summed E-state index contributed by atoms with van der Waals surface area (Å²) in [5, 5.41) is 0. The molecule has 2 aromatic rings. The number of rotatable bonds is 8. The number of hydrogen-bond acceptors (Lipinski definition) is 5. The van der Waals surface area contributed by atoms with Crippen molar-refractivity contribution in [3.63, 3.8) is 0 Å². The monoisotopic (exact) mass is 443 g/mol. The number of primary amides is 1. The Labute approximate surface area is 192 Å². The molecule has 0 aliphatic heterocycles. The van der Waals surface area contributed by atoms with Crippen LogP contribution in [0.5, 0.6) is 5.75 Å². The van der Waals surface area contributed by atoms with E-state index in [4.69, 9.17) is 15.2 Å². The minimum atomic E-state index is -0.725. The number of aryl methyl sites for hydroxylation is 1. The lowest BCUT2D eigenvalue weighted by atomic mass is 10.0. The fourth-order valence-electron chi connectivity index (χ4n) is 2.96. The maximum atomic E-state index is 12.1. The average molecular weight is 444 g/mol. The largest absolute Gasteiger partial charge is 0.486 e. The van der Waals surface area contributed by atoms with Gasteiger partial charge in [-0.2, -0.15) is 0 Å². The molecule has 0 spiro atoms. The molecule has 0 aliphatic carbocycles. The first kappa shape index (κ1) is 27.0. The van der Waals surface area contributed by atoms with Crippen LogP contribution in [0.4, 0.5) is 4.79 Å².